The van der Waals surface area contributed by atoms with Gasteiger partial charge in [-0.05, 0) is 42.5 Å². The molecule has 3 rings (SSSR count). The maximum atomic E-state index is 13.6. The van der Waals surface area contributed by atoms with Crippen molar-refractivity contribution in [3.63, 3.8) is 0 Å². The highest BCUT2D eigenvalue weighted by molar-refractivity contribution is 7.92. The first kappa shape index (κ1) is 27.3. The number of halogens is 3. The molecule has 3 aromatic carbocycles. The van der Waals surface area contributed by atoms with Crippen LogP contribution in [-0.4, -0.2) is 41.0 Å². The van der Waals surface area contributed by atoms with E-state index in [4.69, 9.17) is 15.2 Å². The smallest absolute Gasteiger partial charge is 0.416 e. The number of ether oxygens (including phenoxy) is 2. The number of benzene rings is 3. The minimum atomic E-state index is -4.77. The van der Waals surface area contributed by atoms with E-state index < -0.39 is 45.8 Å². The van der Waals surface area contributed by atoms with Gasteiger partial charge < -0.3 is 20.5 Å². The van der Waals surface area contributed by atoms with Crippen LogP contribution in [-0.2, 0) is 21.0 Å². The first-order chi connectivity index (χ1) is 17.4. The lowest BCUT2D eigenvalue weighted by molar-refractivity contribution is -0.137. The third-order valence-electron chi connectivity index (χ3n) is 5.16. The number of carbonyl (C=O) groups excluding carboxylic acids is 2. The number of anilines is 2. The molecular weight excluding hydrogens is 515 g/mol. The summed E-state index contributed by atoms with van der Waals surface area (Å²) in [5.41, 5.74) is 3.75. The zero-order valence-corrected chi connectivity index (χ0v) is 20.4. The fourth-order valence-corrected chi connectivity index (χ4v) is 4.81. The summed E-state index contributed by atoms with van der Waals surface area (Å²) < 4.78 is 78.1. The number of para-hydroxylation sites is 1. The van der Waals surface area contributed by atoms with Gasteiger partial charge >= 0.3 is 6.18 Å². The molecule has 0 bridgehead atoms. The van der Waals surface area contributed by atoms with Crippen molar-refractivity contribution in [3.05, 3.63) is 77.9 Å². The van der Waals surface area contributed by atoms with Crippen molar-refractivity contribution in [1.29, 1.82) is 0 Å². The summed E-state index contributed by atoms with van der Waals surface area (Å²) in [6, 6.07) is 12.9. The number of alkyl halides is 3. The number of sulfonamides is 1. The molecule has 37 heavy (non-hydrogen) atoms. The second kappa shape index (κ2) is 10.8. The molecule has 196 valence electrons. The third kappa shape index (κ3) is 6.12. The normalized spacial score (nSPS) is 11.5. The van der Waals surface area contributed by atoms with Crippen LogP contribution in [0.4, 0.5) is 24.5 Å². The molecule has 0 saturated carbocycles. The van der Waals surface area contributed by atoms with Gasteiger partial charge in [0.25, 0.3) is 15.9 Å². The molecule has 0 aliphatic heterocycles. The molecule has 9 nitrogen and oxygen atoms in total. The lowest BCUT2D eigenvalue weighted by Gasteiger charge is -2.25. The SMILES string of the molecule is COc1ccc(S(=O)(=O)N(CC(=O)Nc2ccccc2C(N)=O)c2cccc(C(F)(F)F)c2)cc1OC. The van der Waals surface area contributed by atoms with Crippen molar-refractivity contribution in [1.82, 2.24) is 0 Å². The summed E-state index contributed by atoms with van der Waals surface area (Å²) in [5.74, 6) is -1.51. The van der Waals surface area contributed by atoms with Crippen molar-refractivity contribution in [2.45, 2.75) is 11.1 Å². The van der Waals surface area contributed by atoms with Gasteiger partial charge in [0.05, 0.1) is 41.6 Å². The molecule has 0 aliphatic carbocycles. The van der Waals surface area contributed by atoms with Gasteiger partial charge in [0.1, 0.15) is 6.54 Å². The van der Waals surface area contributed by atoms with E-state index in [1.54, 1.807) is 0 Å². The molecule has 2 amide bonds. The first-order valence-corrected chi connectivity index (χ1v) is 11.9. The summed E-state index contributed by atoms with van der Waals surface area (Å²) >= 11 is 0. The number of primary amides is 1. The van der Waals surface area contributed by atoms with E-state index in [0.29, 0.717) is 10.4 Å². The highest BCUT2D eigenvalue weighted by atomic mass is 32.2. The Morgan fingerprint density at radius 3 is 2.24 bits per heavy atom. The van der Waals surface area contributed by atoms with Crippen LogP contribution in [0.2, 0.25) is 0 Å². The zero-order chi connectivity index (χ0) is 27.4. The Labute approximate surface area is 210 Å². The molecule has 0 aromatic heterocycles. The summed E-state index contributed by atoms with van der Waals surface area (Å²) in [7, 11) is -1.99. The Kier molecular flexibility index (Phi) is 7.96. The molecule has 3 N–H and O–H groups in total. The van der Waals surface area contributed by atoms with Gasteiger partial charge in [-0.1, -0.05) is 18.2 Å². The van der Waals surface area contributed by atoms with Crippen LogP contribution >= 0.6 is 0 Å². The number of methoxy groups -OCH3 is 2. The highest BCUT2D eigenvalue weighted by Gasteiger charge is 2.33. The average Bonchev–Trinajstić information content (AvgIpc) is 2.86. The monoisotopic (exact) mass is 537 g/mol. The summed E-state index contributed by atoms with van der Waals surface area (Å²) in [6.07, 6.45) is -4.77. The molecule has 13 heteroatoms. The summed E-state index contributed by atoms with van der Waals surface area (Å²) in [6.45, 7) is -0.926. The second-order valence-corrected chi connectivity index (χ2v) is 9.40. The van der Waals surface area contributed by atoms with E-state index in [-0.39, 0.29) is 27.6 Å². The maximum Gasteiger partial charge on any atom is 0.416 e. The fraction of sp³-hybridized carbons (Fsp3) is 0.167. The molecular formula is C24H22F3N3O6S. The van der Waals surface area contributed by atoms with E-state index in [0.717, 1.165) is 30.3 Å². The van der Waals surface area contributed by atoms with Gasteiger partial charge in [0.15, 0.2) is 11.5 Å². The van der Waals surface area contributed by atoms with Gasteiger partial charge in [-0.2, -0.15) is 13.2 Å². The average molecular weight is 538 g/mol. The number of nitrogens with two attached hydrogens (primary N) is 1. The Hall–Kier alpha value is -4.26. The van der Waals surface area contributed by atoms with Gasteiger partial charge in [-0.25, -0.2) is 8.42 Å². The molecule has 0 saturated heterocycles. The lowest BCUT2D eigenvalue weighted by Crippen LogP contribution is -2.38. The minimum absolute atomic E-state index is 0.00695. The van der Waals surface area contributed by atoms with Crippen LogP contribution in [0.3, 0.4) is 0 Å². The van der Waals surface area contributed by atoms with Crippen LogP contribution in [0.15, 0.2) is 71.6 Å². The van der Waals surface area contributed by atoms with Crippen molar-refractivity contribution >= 4 is 33.2 Å². The lowest BCUT2D eigenvalue weighted by atomic mass is 10.1. The van der Waals surface area contributed by atoms with Crippen LogP contribution in [0.1, 0.15) is 15.9 Å². The molecule has 3 aromatic rings. The zero-order valence-electron chi connectivity index (χ0n) is 19.6. The Balaban J connectivity index is 2.08. The Bertz CT molecular complexity index is 1430. The number of hydrogen-bond acceptors (Lipinski definition) is 6. The van der Waals surface area contributed by atoms with Crippen molar-refractivity contribution in [2.75, 3.05) is 30.4 Å². The van der Waals surface area contributed by atoms with Crippen molar-refractivity contribution in [3.8, 4) is 11.5 Å². The van der Waals surface area contributed by atoms with Gasteiger partial charge in [-0.15, -0.1) is 0 Å². The summed E-state index contributed by atoms with van der Waals surface area (Å²) in [5, 5.41) is 2.39. The first-order valence-electron chi connectivity index (χ1n) is 10.5. The fourth-order valence-electron chi connectivity index (χ4n) is 3.38. The van der Waals surface area contributed by atoms with Crippen LogP contribution in [0.25, 0.3) is 0 Å². The number of amides is 2. The largest absolute Gasteiger partial charge is 0.493 e. The Morgan fingerprint density at radius 2 is 1.62 bits per heavy atom. The van der Waals surface area contributed by atoms with E-state index >= 15 is 0 Å². The predicted octanol–water partition coefficient (Wildman–Crippen LogP) is 3.66. The second-order valence-electron chi connectivity index (χ2n) is 7.53. The van der Waals surface area contributed by atoms with E-state index in [2.05, 4.69) is 5.32 Å². The maximum absolute atomic E-state index is 13.6. The molecule has 0 heterocycles. The number of rotatable bonds is 9. The van der Waals surface area contributed by atoms with E-state index in [1.807, 2.05) is 0 Å². The third-order valence-corrected chi connectivity index (χ3v) is 6.93. The molecule has 0 aliphatic rings. The van der Waals surface area contributed by atoms with Crippen molar-refractivity contribution in [2.24, 2.45) is 5.73 Å². The van der Waals surface area contributed by atoms with Gasteiger partial charge in [-0.3, -0.25) is 13.9 Å². The van der Waals surface area contributed by atoms with Crippen molar-refractivity contribution < 1.29 is 40.7 Å². The van der Waals surface area contributed by atoms with E-state index in [1.165, 1.54) is 44.6 Å². The standard InChI is InChI=1S/C24H22F3N3O6S/c1-35-20-11-10-17(13-21(20)36-2)37(33,34)30(16-7-5-6-15(12-16)24(25,26)27)14-22(31)29-19-9-4-3-8-18(19)23(28)32/h3-13H,14H2,1-2H3,(H2,28,32)(H,29,31). The van der Waals surface area contributed by atoms with Gasteiger partial charge in [0, 0.05) is 6.07 Å². The molecule has 0 unspecified atom stereocenters. The molecule has 0 radical (unpaired) electrons. The minimum Gasteiger partial charge on any atom is -0.493 e. The number of nitrogens with zero attached hydrogens (tertiary/aromatic N) is 1. The quantitative estimate of drug-likeness (QED) is 0.429. The predicted molar refractivity (Wildman–Crippen MR) is 129 cm³/mol. The topological polar surface area (TPSA) is 128 Å². The summed E-state index contributed by atoms with van der Waals surface area (Å²) in [4.78, 5) is 24.2. The molecule has 0 atom stereocenters. The van der Waals surface area contributed by atoms with Crippen LogP contribution in [0.5, 0.6) is 11.5 Å². The van der Waals surface area contributed by atoms with Crippen LogP contribution < -0.4 is 24.8 Å². The highest BCUT2D eigenvalue weighted by Crippen LogP contribution is 2.35. The van der Waals surface area contributed by atoms with E-state index in [9.17, 15) is 31.2 Å². The molecule has 0 fully saturated rings. The number of hydrogen-bond donors (Lipinski definition) is 2. The number of carbonyl (C=O) groups is 2. The van der Waals surface area contributed by atoms with Crippen LogP contribution in [0, 0.1) is 0 Å². The van der Waals surface area contributed by atoms with Gasteiger partial charge in [0.2, 0.25) is 5.91 Å². The Morgan fingerprint density at radius 1 is 0.946 bits per heavy atom. The molecule has 0 spiro atoms. The number of nitrogens with one attached hydrogen (secondary N) is 1.